The van der Waals surface area contributed by atoms with Crippen LogP contribution in [0.3, 0.4) is 0 Å². The van der Waals surface area contributed by atoms with Crippen LogP contribution in [0.2, 0.25) is 0 Å². The Kier molecular flexibility index (Phi) is 12.4. The molecule has 21 heavy (non-hydrogen) atoms. The smallest absolute Gasteiger partial charge is 0.245 e. The van der Waals surface area contributed by atoms with Crippen LogP contribution >= 0.6 is 0 Å². The van der Waals surface area contributed by atoms with Gasteiger partial charge in [0.05, 0.1) is 0 Å². The minimum Gasteiger partial charge on any atom is -0.373 e. The Morgan fingerprint density at radius 1 is 1.05 bits per heavy atom. The first-order valence-corrected chi connectivity index (χ1v) is 7.69. The molecule has 0 bridgehead atoms. The lowest BCUT2D eigenvalue weighted by molar-refractivity contribution is -0.120. The highest BCUT2D eigenvalue weighted by molar-refractivity contribution is 5.87. The van der Waals surface area contributed by atoms with Gasteiger partial charge in [-0.2, -0.15) is 0 Å². The summed E-state index contributed by atoms with van der Waals surface area (Å²) in [7, 11) is 0. The molecule has 3 nitrogen and oxygen atoms in total. The van der Waals surface area contributed by atoms with Crippen molar-refractivity contribution >= 4 is 5.91 Å². The van der Waals surface area contributed by atoms with E-state index in [1.54, 1.807) is 6.08 Å². The third kappa shape index (κ3) is 13.1. The van der Waals surface area contributed by atoms with E-state index in [9.17, 15) is 9.90 Å². The van der Waals surface area contributed by atoms with Crippen molar-refractivity contribution in [3.8, 4) is 0 Å². The van der Waals surface area contributed by atoms with E-state index >= 15 is 0 Å². The van der Waals surface area contributed by atoms with E-state index in [2.05, 4.69) is 36.5 Å². The molecular formula is C18H29NO2. The predicted molar refractivity (Wildman–Crippen MR) is 89.7 cm³/mol. The molecule has 0 aromatic carbocycles. The highest BCUT2D eigenvalue weighted by Crippen LogP contribution is 1.98. The quantitative estimate of drug-likeness (QED) is 0.211. The van der Waals surface area contributed by atoms with Gasteiger partial charge in [0.25, 0.3) is 0 Å². The molecule has 0 aromatic heterocycles. The van der Waals surface area contributed by atoms with Crippen molar-refractivity contribution in [2.75, 3.05) is 0 Å². The molecule has 0 rings (SSSR count). The summed E-state index contributed by atoms with van der Waals surface area (Å²) < 4.78 is 0. The van der Waals surface area contributed by atoms with E-state index < -0.39 is 6.23 Å². The fourth-order valence-electron chi connectivity index (χ4n) is 1.43. The molecule has 0 heterocycles. The molecule has 0 aliphatic carbocycles. The molecule has 2 N–H and O–H groups in total. The van der Waals surface area contributed by atoms with Crippen molar-refractivity contribution in [1.82, 2.24) is 5.32 Å². The van der Waals surface area contributed by atoms with E-state index in [4.69, 9.17) is 0 Å². The predicted octanol–water partition coefficient (Wildman–Crippen LogP) is 3.88. The summed E-state index contributed by atoms with van der Waals surface area (Å²) >= 11 is 0. The number of hydrogen-bond donors (Lipinski definition) is 2. The number of aliphatic hydroxyl groups excluding tert-OH is 1. The maximum Gasteiger partial charge on any atom is 0.245 e. The number of unbranched alkanes of at least 4 members (excludes halogenated alkanes) is 1. The lowest BCUT2D eigenvalue weighted by Crippen LogP contribution is -2.37. The van der Waals surface area contributed by atoms with Gasteiger partial charge in [-0.15, -0.1) is 0 Å². The molecular weight excluding hydrogens is 262 g/mol. The molecule has 3 heteroatoms. The van der Waals surface area contributed by atoms with E-state index in [1.807, 2.05) is 26.0 Å². The van der Waals surface area contributed by atoms with Gasteiger partial charge >= 0.3 is 0 Å². The number of aliphatic hydroxyl groups is 1. The van der Waals surface area contributed by atoms with E-state index in [0.29, 0.717) is 0 Å². The molecule has 0 radical (unpaired) electrons. The average Bonchev–Trinajstić information content (AvgIpc) is 2.44. The summed E-state index contributed by atoms with van der Waals surface area (Å²) in [6.45, 7) is 5.82. The van der Waals surface area contributed by atoms with Crippen LogP contribution in [0.4, 0.5) is 0 Å². The van der Waals surface area contributed by atoms with Gasteiger partial charge in [0.1, 0.15) is 6.23 Å². The molecule has 118 valence electrons. The van der Waals surface area contributed by atoms with Gasteiger partial charge in [-0.25, -0.2) is 0 Å². The summed E-state index contributed by atoms with van der Waals surface area (Å²) in [5.74, 6) is -0.264. The average molecular weight is 291 g/mol. The minimum absolute atomic E-state index is 0.0110. The Hall–Kier alpha value is -1.61. The Labute approximate surface area is 129 Å². The second-order valence-corrected chi connectivity index (χ2v) is 5.15. The second kappa shape index (κ2) is 13.4. The molecule has 0 saturated carbocycles. The highest BCUT2D eigenvalue weighted by Gasteiger charge is 2.09. The van der Waals surface area contributed by atoms with Crippen molar-refractivity contribution < 1.29 is 9.90 Å². The van der Waals surface area contributed by atoms with E-state index in [1.165, 1.54) is 6.08 Å². The second-order valence-electron chi connectivity index (χ2n) is 5.15. The normalized spacial score (nSPS) is 14.1. The molecule has 0 spiro atoms. The molecule has 1 amide bonds. The van der Waals surface area contributed by atoms with Crippen LogP contribution in [0.15, 0.2) is 48.6 Å². The van der Waals surface area contributed by atoms with Crippen LogP contribution in [0.25, 0.3) is 0 Å². The Morgan fingerprint density at radius 3 is 2.38 bits per heavy atom. The number of allylic oxidation sites excluding steroid dienone is 7. The van der Waals surface area contributed by atoms with Gasteiger partial charge in [0.2, 0.25) is 5.91 Å². The zero-order chi connectivity index (χ0) is 15.9. The van der Waals surface area contributed by atoms with E-state index in [0.717, 1.165) is 25.7 Å². The minimum atomic E-state index is -0.793. The number of nitrogens with one attached hydrogen (secondary N) is 1. The first kappa shape index (κ1) is 19.4. The van der Waals surface area contributed by atoms with Crippen LogP contribution in [0.1, 0.15) is 46.5 Å². The van der Waals surface area contributed by atoms with Gasteiger partial charge in [0, 0.05) is 6.08 Å². The number of carbonyl (C=O) groups excluding carboxylic acids is 1. The van der Waals surface area contributed by atoms with Gasteiger partial charge in [-0.05, 0) is 31.6 Å². The first-order valence-electron chi connectivity index (χ1n) is 7.69. The van der Waals surface area contributed by atoms with Gasteiger partial charge in [-0.3, -0.25) is 4.79 Å². The van der Waals surface area contributed by atoms with Crippen LogP contribution in [0.5, 0.6) is 0 Å². The third-order valence-corrected chi connectivity index (χ3v) is 2.76. The summed E-state index contributed by atoms with van der Waals surface area (Å²) in [4.78, 5) is 11.4. The SMILES string of the molecule is CCC=CCC=CCCC=CC=CC(=O)NC(O)C(C)C. The molecule has 0 saturated heterocycles. The van der Waals surface area contributed by atoms with Crippen molar-refractivity contribution in [1.29, 1.82) is 0 Å². The lowest BCUT2D eigenvalue weighted by atomic mass is 10.2. The standard InChI is InChI=1S/C18H29NO2/c1-4-5-6-7-8-9-10-11-12-13-14-15-17(20)19-18(21)16(2)3/h5-6,8-9,12-16,18,21H,4,7,10-11H2,1-3H3,(H,19,20). The monoisotopic (exact) mass is 291 g/mol. The molecule has 0 fully saturated rings. The maximum absolute atomic E-state index is 11.4. The van der Waals surface area contributed by atoms with E-state index in [-0.39, 0.29) is 11.8 Å². The van der Waals surface area contributed by atoms with Gasteiger partial charge in [0.15, 0.2) is 0 Å². The van der Waals surface area contributed by atoms with Gasteiger partial charge in [-0.1, -0.05) is 63.3 Å². The fraction of sp³-hybridized carbons (Fsp3) is 0.500. The van der Waals surface area contributed by atoms with Crippen molar-refractivity contribution in [2.45, 2.75) is 52.7 Å². The summed E-state index contributed by atoms with van der Waals surface area (Å²) in [6, 6.07) is 0. The Bertz CT molecular complexity index is 379. The van der Waals surface area contributed by atoms with Crippen LogP contribution in [-0.2, 0) is 4.79 Å². The molecule has 1 unspecified atom stereocenters. The maximum atomic E-state index is 11.4. The van der Waals surface area contributed by atoms with Crippen LogP contribution in [-0.4, -0.2) is 17.2 Å². The van der Waals surface area contributed by atoms with Crippen LogP contribution in [0, 0.1) is 5.92 Å². The molecule has 0 aromatic rings. The fourth-order valence-corrected chi connectivity index (χ4v) is 1.43. The van der Waals surface area contributed by atoms with Crippen molar-refractivity contribution in [3.05, 3.63) is 48.6 Å². The summed E-state index contributed by atoms with van der Waals surface area (Å²) in [6.07, 6.45) is 18.9. The number of amides is 1. The Balaban J connectivity index is 3.73. The molecule has 1 atom stereocenters. The topological polar surface area (TPSA) is 49.3 Å². The summed E-state index contributed by atoms with van der Waals surface area (Å²) in [5.41, 5.74) is 0. The van der Waals surface area contributed by atoms with Crippen LogP contribution < -0.4 is 5.32 Å². The lowest BCUT2D eigenvalue weighted by Gasteiger charge is -2.14. The first-order chi connectivity index (χ1) is 10.1. The zero-order valence-electron chi connectivity index (χ0n) is 13.5. The van der Waals surface area contributed by atoms with Gasteiger partial charge < -0.3 is 10.4 Å². The molecule has 0 aliphatic heterocycles. The highest BCUT2D eigenvalue weighted by atomic mass is 16.3. The number of rotatable bonds is 10. The van der Waals surface area contributed by atoms with Crippen molar-refractivity contribution in [3.63, 3.8) is 0 Å². The molecule has 0 aliphatic rings. The van der Waals surface area contributed by atoms with Crippen molar-refractivity contribution in [2.24, 2.45) is 5.92 Å². The zero-order valence-corrected chi connectivity index (χ0v) is 13.5. The third-order valence-electron chi connectivity index (χ3n) is 2.76. The summed E-state index contributed by atoms with van der Waals surface area (Å²) in [5, 5.41) is 12.0. The number of carbonyl (C=O) groups is 1. The Morgan fingerprint density at radius 2 is 1.71 bits per heavy atom. The largest absolute Gasteiger partial charge is 0.373 e. The number of hydrogen-bond acceptors (Lipinski definition) is 2.